The maximum absolute atomic E-state index is 12.3. The molecule has 1 fully saturated rings. The number of carboxylic acids is 1. The van der Waals surface area contributed by atoms with Crippen molar-refractivity contribution in [3.63, 3.8) is 0 Å². The molecule has 1 aliphatic rings. The molecule has 1 heterocycles. The molecule has 0 spiro atoms. The summed E-state index contributed by atoms with van der Waals surface area (Å²) < 4.78 is 5.37. The van der Waals surface area contributed by atoms with Crippen molar-refractivity contribution in [1.82, 2.24) is 9.80 Å². The third-order valence-corrected chi connectivity index (χ3v) is 4.58. The molecule has 1 aromatic rings. The Kier molecular flexibility index (Phi) is 7.00. The largest absolute Gasteiger partial charge is 0.494 e. The summed E-state index contributed by atoms with van der Waals surface area (Å²) in [6.45, 7) is 3.36. The SMILES string of the molecule is CCOc1ccc(CC(=O)N(C)CC(=O)N2CCC(C(=O)O)CC2)cc1. The summed E-state index contributed by atoms with van der Waals surface area (Å²) in [5.41, 5.74) is 0.861. The molecule has 26 heavy (non-hydrogen) atoms. The average Bonchev–Trinajstić information content (AvgIpc) is 2.63. The molecular weight excluding hydrogens is 336 g/mol. The van der Waals surface area contributed by atoms with Gasteiger partial charge in [-0.1, -0.05) is 12.1 Å². The summed E-state index contributed by atoms with van der Waals surface area (Å²) in [7, 11) is 1.61. The second kappa shape index (κ2) is 9.22. The minimum atomic E-state index is -0.806. The van der Waals surface area contributed by atoms with Crippen LogP contribution >= 0.6 is 0 Å². The lowest BCUT2D eigenvalue weighted by Crippen LogP contribution is -2.45. The third kappa shape index (κ3) is 5.47. The predicted molar refractivity (Wildman–Crippen MR) is 95.9 cm³/mol. The minimum absolute atomic E-state index is 0.00754. The van der Waals surface area contributed by atoms with Crippen molar-refractivity contribution in [2.45, 2.75) is 26.2 Å². The molecule has 2 amide bonds. The number of aliphatic carboxylic acids is 1. The third-order valence-electron chi connectivity index (χ3n) is 4.58. The number of benzene rings is 1. The summed E-state index contributed by atoms with van der Waals surface area (Å²) in [6.07, 6.45) is 1.15. The van der Waals surface area contributed by atoms with Crippen LogP contribution in [0.4, 0.5) is 0 Å². The molecule has 0 saturated carbocycles. The number of nitrogens with zero attached hydrogens (tertiary/aromatic N) is 2. The second-order valence-electron chi connectivity index (χ2n) is 6.50. The zero-order chi connectivity index (χ0) is 19.1. The van der Waals surface area contributed by atoms with Gasteiger partial charge in [0.15, 0.2) is 0 Å². The summed E-state index contributed by atoms with van der Waals surface area (Å²) in [4.78, 5) is 38.7. The molecule has 2 rings (SSSR count). The van der Waals surface area contributed by atoms with Gasteiger partial charge in [-0.2, -0.15) is 0 Å². The highest BCUT2D eigenvalue weighted by Gasteiger charge is 2.27. The van der Waals surface area contributed by atoms with Gasteiger partial charge in [-0.15, -0.1) is 0 Å². The molecule has 0 atom stereocenters. The van der Waals surface area contributed by atoms with Gasteiger partial charge in [0.1, 0.15) is 5.75 Å². The first kappa shape index (κ1) is 19.8. The van der Waals surface area contributed by atoms with E-state index in [1.165, 1.54) is 4.90 Å². The summed E-state index contributed by atoms with van der Waals surface area (Å²) in [6, 6.07) is 7.33. The van der Waals surface area contributed by atoms with Crippen LogP contribution in [-0.2, 0) is 20.8 Å². The summed E-state index contributed by atoms with van der Waals surface area (Å²) >= 11 is 0. The monoisotopic (exact) mass is 362 g/mol. The lowest BCUT2D eigenvalue weighted by molar-refractivity contribution is -0.146. The quantitative estimate of drug-likeness (QED) is 0.792. The van der Waals surface area contributed by atoms with E-state index in [1.807, 2.05) is 31.2 Å². The van der Waals surface area contributed by atoms with Crippen LogP contribution in [0.25, 0.3) is 0 Å². The first-order valence-electron chi connectivity index (χ1n) is 8.87. The maximum Gasteiger partial charge on any atom is 0.306 e. The van der Waals surface area contributed by atoms with E-state index in [9.17, 15) is 14.4 Å². The Morgan fingerprint density at radius 3 is 2.35 bits per heavy atom. The first-order chi connectivity index (χ1) is 12.4. The summed E-state index contributed by atoms with van der Waals surface area (Å²) in [5, 5.41) is 9.00. The van der Waals surface area contributed by atoms with Crippen LogP contribution in [0, 0.1) is 5.92 Å². The van der Waals surface area contributed by atoms with Gasteiger partial charge >= 0.3 is 5.97 Å². The molecule has 0 radical (unpaired) electrons. The van der Waals surface area contributed by atoms with Crippen LogP contribution in [-0.4, -0.2) is 66.0 Å². The number of ether oxygens (including phenoxy) is 1. The molecule has 7 heteroatoms. The van der Waals surface area contributed by atoms with Crippen molar-refractivity contribution >= 4 is 17.8 Å². The number of piperidine rings is 1. The predicted octanol–water partition coefficient (Wildman–Crippen LogP) is 1.41. The van der Waals surface area contributed by atoms with Gasteiger partial charge in [0.25, 0.3) is 0 Å². The van der Waals surface area contributed by atoms with E-state index >= 15 is 0 Å². The molecule has 1 aromatic carbocycles. The van der Waals surface area contributed by atoms with Crippen LogP contribution in [0.15, 0.2) is 24.3 Å². The molecule has 0 aliphatic carbocycles. The van der Waals surface area contributed by atoms with E-state index in [0.717, 1.165) is 11.3 Å². The van der Waals surface area contributed by atoms with Gasteiger partial charge in [0.05, 0.1) is 25.5 Å². The van der Waals surface area contributed by atoms with E-state index < -0.39 is 5.97 Å². The van der Waals surface area contributed by atoms with Gasteiger partial charge in [0, 0.05) is 20.1 Å². The van der Waals surface area contributed by atoms with Crippen molar-refractivity contribution in [3.05, 3.63) is 29.8 Å². The molecule has 0 unspecified atom stereocenters. The Bertz CT molecular complexity index is 636. The molecular formula is C19H26N2O5. The van der Waals surface area contributed by atoms with E-state index in [-0.39, 0.29) is 30.7 Å². The molecule has 1 aliphatic heterocycles. The topological polar surface area (TPSA) is 87.2 Å². The van der Waals surface area contributed by atoms with Gasteiger partial charge in [0.2, 0.25) is 11.8 Å². The number of carbonyl (C=O) groups excluding carboxylic acids is 2. The molecule has 0 bridgehead atoms. The standard InChI is InChI=1S/C19H26N2O5/c1-3-26-16-6-4-14(5-7-16)12-17(22)20(2)13-18(23)21-10-8-15(9-11-21)19(24)25/h4-7,15H,3,8-13H2,1-2H3,(H,24,25). The zero-order valence-corrected chi connectivity index (χ0v) is 15.3. The highest BCUT2D eigenvalue weighted by atomic mass is 16.5. The Morgan fingerprint density at radius 1 is 1.19 bits per heavy atom. The number of carbonyl (C=O) groups is 3. The van der Waals surface area contributed by atoms with E-state index in [4.69, 9.17) is 9.84 Å². The van der Waals surface area contributed by atoms with Gasteiger partial charge in [-0.05, 0) is 37.5 Å². The lowest BCUT2D eigenvalue weighted by atomic mass is 9.97. The number of hydrogen-bond acceptors (Lipinski definition) is 4. The Morgan fingerprint density at radius 2 is 1.81 bits per heavy atom. The van der Waals surface area contributed by atoms with Crippen LogP contribution in [0.2, 0.25) is 0 Å². The minimum Gasteiger partial charge on any atom is -0.494 e. The number of rotatable bonds is 7. The van der Waals surface area contributed by atoms with Crippen molar-refractivity contribution in [2.75, 3.05) is 33.3 Å². The van der Waals surface area contributed by atoms with E-state index in [0.29, 0.717) is 32.5 Å². The first-order valence-corrected chi connectivity index (χ1v) is 8.87. The highest BCUT2D eigenvalue weighted by Crippen LogP contribution is 2.17. The maximum atomic E-state index is 12.3. The number of likely N-dealkylation sites (N-methyl/N-ethyl adjacent to an activating group) is 1. The summed E-state index contributed by atoms with van der Waals surface area (Å²) in [5.74, 6) is -0.700. The second-order valence-corrected chi connectivity index (χ2v) is 6.50. The lowest BCUT2D eigenvalue weighted by Gasteiger charge is -2.31. The smallest absolute Gasteiger partial charge is 0.306 e. The molecule has 1 saturated heterocycles. The highest BCUT2D eigenvalue weighted by molar-refractivity contribution is 5.86. The molecule has 142 valence electrons. The van der Waals surface area contributed by atoms with Crippen molar-refractivity contribution in [2.24, 2.45) is 5.92 Å². The number of hydrogen-bond donors (Lipinski definition) is 1. The van der Waals surface area contributed by atoms with Crippen molar-refractivity contribution < 1.29 is 24.2 Å². The Labute approximate surface area is 153 Å². The Balaban J connectivity index is 1.81. The number of likely N-dealkylation sites (tertiary alicyclic amines) is 1. The van der Waals surface area contributed by atoms with Gasteiger partial charge in [-0.3, -0.25) is 14.4 Å². The average molecular weight is 362 g/mol. The van der Waals surface area contributed by atoms with Crippen LogP contribution in [0.5, 0.6) is 5.75 Å². The number of carboxylic acid groups (broad SMARTS) is 1. The normalized spacial score (nSPS) is 14.8. The zero-order valence-electron chi connectivity index (χ0n) is 15.3. The van der Waals surface area contributed by atoms with Crippen LogP contribution < -0.4 is 4.74 Å². The van der Waals surface area contributed by atoms with Gasteiger partial charge < -0.3 is 19.6 Å². The van der Waals surface area contributed by atoms with Crippen molar-refractivity contribution in [1.29, 1.82) is 0 Å². The number of amides is 2. The fourth-order valence-electron chi connectivity index (χ4n) is 2.95. The van der Waals surface area contributed by atoms with Crippen LogP contribution in [0.3, 0.4) is 0 Å². The fraction of sp³-hybridized carbons (Fsp3) is 0.526. The van der Waals surface area contributed by atoms with E-state index in [2.05, 4.69) is 0 Å². The van der Waals surface area contributed by atoms with Gasteiger partial charge in [-0.25, -0.2) is 0 Å². The Hall–Kier alpha value is -2.57. The van der Waals surface area contributed by atoms with E-state index in [1.54, 1.807) is 11.9 Å². The fourth-order valence-corrected chi connectivity index (χ4v) is 2.95. The molecule has 1 N–H and O–H groups in total. The molecule has 7 nitrogen and oxygen atoms in total. The van der Waals surface area contributed by atoms with Crippen molar-refractivity contribution in [3.8, 4) is 5.75 Å². The van der Waals surface area contributed by atoms with Crippen LogP contribution in [0.1, 0.15) is 25.3 Å². The molecule has 0 aromatic heterocycles.